The van der Waals surface area contributed by atoms with Crippen LogP contribution in [0.2, 0.25) is 0 Å². The van der Waals surface area contributed by atoms with E-state index >= 15 is 0 Å². The Morgan fingerprint density at radius 1 is 1.21 bits per heavy atom. The number of aryl methyl sites for hydroxylation is 1. The SMILES string of the molecule is CCOC(=O)N1CCC(NC(=O)c2cc(Nc3cccc(C)c3C)ncn2)CC1. The number of hydrogen-bond donors (Lipinski definition) is 2. The molecule has 0 atom stereocenters. The Bertz CT molecular complexity index is 878. The predicted octanol–water partition coefficient (Wildman–Crippen LogP) is 3.19. The van der Waals surface area contributed by atoms with E-state index < -0.39 is 0 Å². The van der Waals surface area contributed by atoms with Crippen LogP contribution in [-0.2, 0) is 4.74 Å². The van der Waals surface area contributed by atoms with Crippen molar-refractivity contribution in [3.63, 3.8) is 0 Å². The van der Waals surface area contributed by atoms with Crippen LogP contribution in [0, 0.1) is 13.8 Å². The van der Waals surface area contributed by atoms with Crippen molar-refractivity contribution < 1.29 is 14.3 Å². The molecule has 8 nitrogen and oxygen atoms in total. The molecule has 1 aliphatic rings. The molecule has 1 aromatic carbocycles. The van der Waals surface area contributed by atoms with Gasteiger partial charge in [-0.25, -0.2) is 14.8 Å². The second-order valence-corrected chi connectivity index (χ2v) is 7.09. The van der Waals surface area contributed by atoms with Gasteiger partial charge >= 0.3 is 6.09 Å². The third-order valence-electron chi connectivity index (χ3n) is 5.12. The standard InChI is InChI=1S/C21H27N5O3/c1-4-29-21(28)26-10-8-16(9-11-26)24-20(27)18-12-19(23-13-22-18)25-17-7-5-6-14(2)15(17)3/h5-7,12-13,16H,4,8-11H2,1-3H3,(H,24,27)(H,22,23,25). The van der Waals surface area contributed by atoms with Gasteiger partial charge in [-0.3, -0.25) is 4.79 Å². The maximum atomic E-state index is 12.6. The van der Waals surface area contributed by atoms with Crippen LogP contribution in [0.1, 0.15) is 41.4 Å². The molecule has 2 aromatic rings. The molecule has 1 aromatic heterocycles. The van der Waals surface area contributed by atoms with Crippen LogP contribution in [0.3, 0.4) is 0 Å². The number of piperidine rings is 1. The highest BCUT2D eigenvalue weighted by Gasteiger charge is 2.25. The maximum Gasteiger partial charge on any atom is 0.409 e. The first-order chi connectivity index (χ1) is 14.0. The van der Waals surface area contributed by atoms with E-state index in [1.54, 1.807) is 17.9 Å². The second-order valence-electron chi connectivity index (χ2n) is 7.09. The zero-order valence-electron chi connectivity index (χ0n) is 17.1. The van der Waals surface area contributed by atoms with Crippen molar-refractivity contribution in [1.29, 1.82) is 0 Å². The smallest absolute Gasteiger partial charge is 0.409 e. The number of aromatic nitrogens is 2. The van der Waals surface area contributed by atoms with Crippen LogP contribution in [-0.4, -0.2) is 52.6 Å². The lowest BCUT2D eigenvalue weighted by atomic mass is 10.1. The highest BCUT2D eigenvalue weighted by Crippen LogP contribution is 2.22. The van der Waals surface area contributed by atoms with Crippen molar-refractivity contribution in [1.82, 2.24) is 20.2 Å². The van der Waals surface area contributed by atoms with Crippen LogP contribution >= 0.6 is 0 Å². The molecule has 1 saturated heterocycles. The third kappa shape index (κ3) is 5.22. The van der Waals surface area contributed by atoms with Gasteiger partial charge in [0.25, 0.3) is 5.91 Å². The Morgan fingerprint density at radius 2 is 1.97 bits per heavy atom. The number of hydrogen-bond acceptors (Lipinski definition) is 6. The molecule has 0 aliphatic carbocycles. The predicted molar refractivity (Wildman–Crippen MR) is 110 cm³/mol. The van der Waals surface area contributed by atoms with E-state index in [2.05, 4.69) is 20.6 Å². The normalized spacial score (nSPS) is 14.4. The molecule has 0 bridgehead atoms. The van der Waals surface area contributed by atoms with Gasteiger partial charge in [0.2, 0.25) is 0 Å². The zero-order valence-corrected chi connectivity index (χ0v) is 17.1. The summed E-state index contributed by atoms with van der Waals surface area (Å²) in [4.78, 5) is 34.4. The Morgan fingerprint density at radius 3 is 2.69 bits per heavy atom. The number of nitrogens with zero attached hydrogens (tertiary/aromatic N) is 3. The van der Waals surface area contributed by atoms with Crippen LogP contribution in [0.4, 0.5) is 16.3 Å². The van der Waals surface area contributed by atoms with Gasteiger partial charge in [-0.1, -0.05) is 12.1 Å². The maximum absolute atomic E-state index is 12.6. The number of rotatable bonds is 5. The molecular formula is C21H27N5O3. The third-order valence-corrected chi connectivity index (χ3v) is 5.12. The molecule has 154 valence electrons. The summed E-state index contributed by atoms with van der Waals surface area (Å²) in [6, 6.07) is 7.64. The van der Waals surface area contributed by atoms with Crippen LogP contribution in [0.25, 0.3) is 0 Å². The van der Waals surface area contributed by atoms with Crippen molar-refractivity contribution in [3.8, 4) is 0 Å². The first-order valence-corrected chi connectivity index (χ1v) is 9.85. The van der Waals surface area contributed by atoms with Gasteiger partial charge in [0.15, 0.2) is 0 Å². The van der Waals surface area contributed by atoms with E-state index in [0.29, 0.717) is 44.0 Å². The van der Waals surface area contributed by atoms with Crippen molar-refractivity contribution in [3.05, 3.63) is 47.4 Å². The van der Waals surface area contributed by atoms with E-state index in [1.165, 1.54) is 11.9 Å². The molecule has 2 N–H and O–H groups in total. The van der Waals surface area contributed by atoms with Gasteiger partial charge in [0, 0.05) is 30.9 Å². The van der Waals surface area contributed by atoms with Gasteiger partial charge in [-0.15, -0.1) is 0 Å². The lowest BCUT2D eigenvalue weighted by Crippen LogP contribution is -2.46. The van der Waals surface area contributed by atoms with Crippen molar-refractivity contribution >= 4 is 23.5 Å². The Balaban J connectivity index is 1.59. The van der Waals surface area contributed by atoms with E-state index in [0.717, 1.165) is 11.3 Å². The van der Waals surface area contributed by atoms with E-state index in [4.69, 9.17) is 4.74 Å². The molecule has 8 heteroatoms. The highest BCUT2D eigenvalue weighted by molar-refractivity contribution is 5.93. The molecular weight excluding hydrogens is 370 g/mol. The van der Waals surface area contributed by atoms with E-state index in [1.807, 2.05) is 32.0 Å². The molecule has 3 rings (SSSR count). The molecule has 0 radical (unpaired) electrons. The summed E-state index contributed by atoms with van der Waals surface area (Å²) in [6.45, 7) is 7.36. The molecule has 29 heavy (non-hydrogen) atoms. The van der Waals surface area contributed by atoms with Crippen LogP contribution in [0.15, 0.2) is 30.6 Å². The number of likely N-dealkylation sites (tertiary alicyclic amines) is 1. The minimum Gasteiger partial charge on any atom is -0.450 e. The minimum atomic E-state index is -0.296. The van der Waals surface area contributed by atoms with Gasteiger partial charge in [-0.2, -0.15) is 0 Å². The number of carbonyl (C=O) groups is 2. The number of benzene rings is 1. The average molecular weight is 397 g/mol. The first-order valence-electron chi connectivity index (χ1n) is 9.85. The van der Waals surface area contributed by atoms with E-state index in [9.17, 15) is 9.59 Å². The zero-order chi connectivity index (χ0) is 20.8. The number of nitrogens with one attached hydrogen (secondary N) is 2. The van der Waals surface area contributed by atoms with E-state index in [-0.39, 0.29) is 18.0 Å². The summed E-state index contributed by atoms with van der Waals surface area (Å²) in [6.07, 6.45) is 2.45. The van der Waals surface area contributed by atoms with Crippen molar-refractivity contribution in [2.45, 2.75) is 39.7 Å². The van der Waals surface area contributed by atoms with Crippen LogP contribution < -0.4 is 10.6 Å². The van der Waals surface area contributed by atoms with Gasteiger partial charge in [0.05, 0.1) is 6.61 Å². The summed E-state index contributed by atoms with van der Waals surface area (Å²) in [7, 11) is 0. The van der Waals surface area contributed by atoms with Gasteiger partial charge < -0.3 is 20.3 Å². The van der Waals surface area contributed by atoms with Gasteiger partial charge in [0.1, 0.15) is 17.8 Å². The summed E-state index contributed by atoms with van der Waals surface area (Å²) >= 11 is 0. The lowest BCUT2D eigenvalue weighted by molar-refractivity contribution is 0.0856. The number of carbonyl (C=O) groups excluding carboxylic acids is 2. The molecule has 1 fully saturated rings. The number of amides is 2. The Hall–Kier alpha value is -3.16. The molecule has 2 heterocycles. The quantitative estimate of drug-likeness (QED) is 0.804. The summed E-state index contributed by atoms with van der Waals surface area (Å²) < 4.78 is 5.02. The molecule has 0 spiro atoms. The molecule has 0 saturated carbocycles. The molecule has 2 amide bonds. The summed E-state index contributed by atoms with van der Waals surface area (Å²) in [5.41, 5.74) is 3.56. The largest absolute Gasteiger partial charge is 0.450 e. The molecule has 1 aliphatic heterocycles. The van der Waals surface area contributed by atoms with Crippen molar-refractivity contribution in [2.24, 2.45) is 0 Å². The fourth-order valence-corrected chi connectivity index (χ4v) is 3.25. The summed E-state index contributed by atoms with van der Waals surface area (Å²) in [5.74, 6) is 0.321. The first kappa shape index (κ1) is 20.6. The Kier molecular flexibility index (Phi) is 6.64. The fourth-order valence-electron chi connectivity index (χ4n) is 3.25. The van der Waals surface area contributed by atoms with Crippen molar-refractivity contribution in [2.75, 3.05) is 25.0 Å². The average Bonchev–Trinajstić information content (AvgIpc) is 2.72. The monoisotopic (exact) mass is 397 g/mol. The summed E-state index contributed by atoms with van der Waals surface area (Å²) in [5, 5.41) is 6.26. The minimum absolute atomic E-state index is 0.00133. The van der Waals surface area contributed by atoms with Crippen LogP contribution in [0.5, 0.6) is 0 Å². The van der Waals surface area contributed by atoms with Gasteiger partial charge in [-0.05, 0) is 50.8 Å². The Labute approximate surface area is 170 Å². The lowest BCUT2D eigenvalue weighted by Gasteiger charge is -2.31. The topological polar surface area (TPSA) is 96.5 Å². The fraction of sp³-hybridized carbons (Fsp3) is 0.429. The number of ether oxygens (including phenoxy) is 1. The number of anilines is 2. The highest BCUT2D eigenvalue weighted by atomic mass is 16.6. The second kappa shape index (κ2) is 9.36. The molecule has 0 unspecified atom stereocenters.